The van der Waals surface area contributed by atoms with Gasteiger partial charge < -0.3 is 0 Å². The Labute approximate surface area is 165 Å². The van der Waals surface area contributed by atoms with Crippen LogP contribution in [0.25, 0.3) is 0 Å². The molecule has 0 aliphatic rings. The topological polar surface area (TPSA) is 59.4 Å². The first-order valence-corrected chi connectivity index (χ1v) is 10.6. The van der Waals surface area contributed by atoms with Gasteiger partial charge in [-0.2, -0.15) is 4.36 Å². The fourth-order valence-corrected chi connectivity index (χ4v) is 3.70. The Morgan fingerprint density at radius 3 is 2.43 bits per heavy atom. The van der Waals surface area contributed by atoms with E-state index < -0.39 is 15.6 Å². The molecule has 0 radical (unpaired) electrons. The third kappa shape index (κ3) is 4.73. The lowest BCUT2D eigenvalue weighted by Crippen LogP contribution is -2.04. The molecule has 0 spiro atoms. The minimum absolute atomic E-state index is 0.262. The smallest absolute Gasteiger partial charge is 0.266 e. The van der Waals surface area contributed by atoms with E-state index in [1.54, 1.807) is 24.4 Å². The Kier molecular flexibility index (Phi) is 5.72. The van der Waals surface area contributed by atoms with E-state index in [-0.39, 0.29) is 5.56 Å². The summed E-state index contributed by atoms with van der Waals surface area (Å²) in [6.45, 7) is 3.93. The zero-order chi connectivity index (χ0) is 20.1. The highest BCUT2D eigenvalue weighted by Crippen LogP contribution is 2.14. The van der Waals surface area contributed by atoms with Crippen LogP contribution >= 0.6 is 0 Å². The molecular weight excluding hydrogens is 368 g/mol. The number of amides is 1. The predicted molar refractivity (Wildman–Crippen MR) is 112 cm³/mol. The van der Waals surface area contributed by atoms with Crippen LogP contribution in [0, 0.1) is 25.7 Å². The Balaban J connectivity index is 1.90. The van der Waals surface area contributed by atoms with Gasteiger partial charge in [-0.25, -0.2) is 4.21 Å². The summed E-state index contributed by atoms with van der Waals surface area (Å²) in [5.74, 6) is 5.54. The molecule has 0 aliphatic carbocycles. The maximum atomic E-state index is 12.9. The van der Waals surface area contributed by atoms with Crippen molar-refractivity contribution in [1.82, 2.24) is 4.98 Å². The first-order valence-electron chi connectivity index (χ1n) is 8.71. The molecule has 0 saturated heterocycles. The Hall–Kier alpha value is -3.23. The van der Waals surface area contributed by atoms with Crippen molar-refractivity contribution in [3.63, 3.8) is 0 Å². The normalized spacial score (nSPS) is 12.4. The van der Waals surface area contributed by atoms with Crippen molar-refractivity contribution >= 4 is 15.6 Å². The average molecular weight is 388 g/mol. The van der Waals surface area contributed by atoms with Gasteiger partial charge in [0.1, 0.15) is 0 Å². The number of hydrogen-bond acceptors (Lipinski definition) is 3. The molecule has 5 heteroatoms. The third-order valence-electron chi connectivity index (χ3n) is 4.19. The summed E-state index contributed by atoms with van der Waals surface area (Å²) in [5.41, 5.74) is 3.91. The second-order valence-electron chi connectivity index (χ2n) is 6.54. The summed E-state index contributed by atoms with van der Waals surface area (Å²) in [4.78, 5) is 17.1. The van der Waals surface area contributed by atoms with Gasteiger partial charge in [0.25, 0.3) is 5.91 Å². The molecule has 2 aromatic carbocycles. The van der Waals surface area contributed by atoms with Crippen molar-refractivity contribution in [3.05, 3.63) is 94.8 Å². The average Bonchev–Trinajstić information content (AvgIpc) is 2.67. The molecule has 0 saturated carbocycles. The van der Waals surface area contributed by atoms with Crippen LogP contribution < -0.4 is 0 Å². The van der Waals surface area contributed by atoms with Crippen molar-refractivity contribution in [2.75, 3.05) is 6.26 Å². The van der Waals surface area contributed by atoms with Crippen LogP contribution in [0.1, 0.15) is 32.6 Å². The molecule has 28 heavy (non-hydrogen) atoms. The lowest BCUT2D eigenvalue weighted by molar-refractivity contribution is 0.100. The van der Waals surface area contributed by atoms with Crippen LogP contribution in [0.3, 0.4) is 0 Å². The van der Waals surface area contributed by atoms with Gasteiger partial charge in [-0.1, -0.05) is 47.7 Å². The third-order valence-corrected chi connectivity index (χ3v) is 5.85. The molecule has 0 aliphatic heterocycles. The van der Waals surface area contributed by atoms with E-state index in [1.165, 1.54) is 12.5 Å². The number of hydrogen-bond donors (Lipinski definition) is 0. The second-order valence-corrected chi connectivity index (χ2v) is 8.80. The molecule has 1 aromatic heterocycles. The van der Waals surface area contributed by atoms with Crippen LogP contribution in [-0.4, -0.2) is 21.4 Å². The Morgan fingerprint density at radius 1 is 1.00 bits per heavy atom. The van der Waals surface area contributed by atoms with E-state index in [4.69, 9.17) is 0 Å². The minimum Gasteiger partial charge on any atom is -0.266 e. The van der Waals surface area contributed by atoms with Crippen LogP contribution in [0.15, 0.2) is 76.2 Å². The highest BCUT2D eigenvalue weighted by atomic mass is 32.2. The van der Waals surface area contributed by atoms with Crippen LogP contribution in [0.4, 0.5) is 0 Å². The summed E-state index contributed by atoms with van der Waals surface area (Å²) in [6, 6.07) is 16.6. The molecule has 1 unspecified atom stereocenters. The van der Waals surface area contributed by atoms with E-state index >= 15 is 0 Å². The predicted octanol–water partition coefficient (Wildman–Crippen LogP) is 4.40. The number of rotatable bonds is 2. The van der Waals surface area contributed by atoms with Crippen molar-refractivity contribution in [1.29, 1.82) is 0 Å². The molecule has 0 bridgehead atoms. The van der Waals surface area contributed by atoms with E-state index in [0.29, 0.717) is 10.5 Å². The molecule has 1 amide bonds. The number of benzene rings is 2. The van der Waals surface area contributed by atoms with Crippen molar-refractivity contribution in [3.8, 4) is 11.8 Å². The first-order chi connectivity index (χ1) is 13.3. The number of nitrogens with zero attached hydrogens (tertiary/aromatic N) is 2. The van der Waals surface area contributed by atoms with Crippen molar-refractivity contribution in [2.24, 2.45) is 4.36 Å². The minimum atomic E-state index is -2.84. The van der Waals surface area contributed by atoms with E-state index in [9.17, 15) is 9.00 Å². The molecular formula is C23H20N2O2S. The van der Waals surface area contributed by atoms with Gasteiger partial charge in [0, 0.05) is 34.7 Å². The highest BCUT2D eigenvalue weighted by molar-refractivity contribution is 7.93. The van der Waals surface area contributed by atoms with Gasteiger partial charge in [0.2, 0.25) is 0 Å². The van der Waals surface area contributed by atoms with Crippen molar-refractivity contribution in [2.45, 2.75) is 18.7 Å². The molecule has 1 heterocycles. The summed E-state index contributed by atoms with van der Waals surface area (Å²) in [6.07, 6.45) is 4.46. The molecule has 3 rings (SSSR count). The van der Waals surface area contributed by atoms with Crippen LogP contribution in [0.5, 0.6) is 0 Å². The SMILES string of the molecule is Cc1ccc(S(C)(=O)=NC(=O)c2cncc(C#Cc3ccccc3C)c2)cc1. The lowest BCUT2D eigenvalue weighted by atomic mass is 10.1. The summed E-state index contributed by atoms with van der Waals surface area (Å²) >= 11 is 0. The molecule has 4 nitrogen and oxygen atoms in total. The number of carbonyl (C=O) groups is 1. The Bertz CT molecular complexity index is 1210. The fourth-order valence-electron chi connectivity index (χ4n) is 2.53. The molecule has 3 aromatic rings. The Morgan fingerprint density at radius 2 is 1.71 bits per heavy atom. The maximum Gasteiger partial charge on any atom is 0.286 e. The zero-order valence-corrected chi connectivity index (χ0v) is 16.8. The zero-order valence-electron chi connectivity index (χ0n) is 16.0. The monoisotopic (exact) mass is 388 g/mol. The van der Waals surface area contributed by atoms with Gasteiger partial charge in [-0.15, -0.1) is 0 Å². The number of aryl methyl sites for hydroxylation is 2. The quantitative estimate of drug-likeness (QED) is 0.612. The van der Waals surface area contributed by atoms with Crippen LogP contribution in [0.2, 0.25) is 0 Å². The van der Waals surface area contributed by atoms with Gasteiger partial charge in [-0.3, -0.25) is 9.78 Å². The molecule has 0 N–H and O–H groups in total. The van der Waals surface area contributed by atoms with E-state index in [2.05, 4.69) is 21.2 Å². The number of pyridine rings is 1. The van der Waals surface area contributed by atoms with Gasteiger partial charge in [0.05, 0.1) is 15.3 Å². The molecule has 140 valence electrons. The van der Waals surface area contributed by atoms with E-state index in [0.717, 1.165) is 16.7 Å². The standard InChI is InChI=1S/C23H20N2O2S/c1-17-8-12-22(13-9-17)28(3,27)25-23(26)21-14-19(15-24-16-21)10-11-20-7-5-4-6-18(20)2/h4-9,12-16H,1-3H3. The van der Waals surface area contributed by atoms with Crippen LogP contribution in [-0.2, 0) is 9.73 Å². The van der Waals surface area contributed by atoms with Gasteiger partial charge >= 0.3 is 0 Å². The fraction of sp³-hybridized carbons (Fsp3) is 0.130. The molecule has 0 fully saturated rings. The first kappa shape index (κ1) is 19.5. The second kappa shape index (κ2) is 8.20. The molecule has 1 atom stereocenters. The van der Waals surface area contributed by atoms with Gasteiger partial charge in [0.15, 0.2) is 0 Å². The summed E-state index contributed by atoms with van der Waals surface area (Å²) in [5, 5.41) is 0. The lowest BCUT2D eigenvalue weighted by Gasteiger charge is -2.04. The number of carbonyl (C=O) groups excluding carboxylic acids is 1. The summed E-state index contributed by atoms with van der Waals surface area (Å²) < 4.78 is 16.8. The van der Waals surface area contributed by atoms with Crippen molar-refractivity contribution < 1.29 is 9.00 Å². The van der Waals surface area contributed by atoms with Gasteiger partial charge in [-0.05, 0) is 43.7 Å². The highest BCUT2D eigenvalue weighted by Gasteiger charge is 2.12. The number of aromatic nitrogens is 1. The largest absolute Gasteiger partial charge is 0.286 e. The van der Waals surface area contributed by atoms with E-state index in [1.807, 2.05) is 50.2 Å². The summed E-state index contributed by atoms with van der Waals surface area (Å²) in [7, 11) is -2.84. The maximum absolute atomic E-state index is 12.9.